The van der Waals surface area contributed by atoms with Gasteiger partial charge in [0.05, 0.1) is 66.7 Å². The van der Waals surface area contributed by atoms with Gasteiger partial charge in [0.2, 0.25) is 17.8 Å². The average molecular weight is 1840 g/mol. The van der Waals surface area contributed by atoms with Crippen LogP contribution in [0.4, 0.5) is 0 Å². The molecule has 0 aliphatic carbocycles. The summed E-state index contributed by atoms with van der Waals surface area (Å²) in [6, 6.07) is 165. The summed E-state index contributed by atoms with van der Waals surface area (Å²) in [4.78, 5) is 40.8. The second-order valence-corrected chi connectivity index (χ2v) is 36.9. The highest BCUT2D eigenvalue weighted by molar-refractivity contribution is 6.19. The van der Waals surface area contributed by atoms with Crippen molar-refractivity contribution in [2.45, 2.75) is 0 Å². The van der Waals surface area contributed by atoms with Crippen LogP contribution in [0.25, 0.3) is 281 Å². The van der Waals surface area contributed by atoms with Gasteiger partial charge in [-0.3, -0.25) is 23.7 Å². The van der Waals surface area contributed by atoms with Crippen LogP contribution in [0.3, 0.4) is 0 Å². The zero-order chi connectivity index (χ0) is 94.8. The van der Waals surface area contributed by atoms with Gasteiger partial charge in [0.15, 0.2) is 0 Å². The number of hydrogen-bond acceptors (Lipinski definition) is 9. The lowest BCUT2D eigenvalue weighted by molar-refractivity contribution is 0.669. The number of nitrogens with zero attached hydrogens (tertiary/aromatic N) is 11. The molecule has 0 aliphatic heterocycles. The molecule has 21 aromatic carbocycles. The van der Waals surface area contributed by atoms with Crippen molar-refractivity contribution in [1.29, 1.82) is 0 Å². The first-order valence-electron chi connectivity index (χ1n) is 48.5. The van der Waals surface area contributed by atoms with E-state index in [1.807, 2.05) is 48.8 Å². The number of hydrogen-bond donors (Lipinski definition) is 0. The van der Waals surface area contributed by atoms with E-state index >= 15 is 0 Å². The number of benzene rings is 21. The smallest absolute Gasteiger partial charge is 0.235 e. The summed E-state index contributed by atoms with van der Waals surface area (Å²) in [7, 11) is 0. The van der Waals surface area contributed by atoms with Crippen molar-refractivity contribution < 1.29 is 4.42 Å². The Morgan fingerprint density at radius 2 is 0.500 bits per heavy atom. The number of fused-ring (bicyclic) bond motifs is 20. The molecule has 9 heterocycles. The quantitative estimate of drug-likeness (QED) is 0.124. The fourth-order valence-electron chi connectivity index (χ4n) is 21.5. The van der Waals surface area contributed by atoms with E-state index in [-0.39, 0.29) is 0 Å². The third-order valence-corrected chi connectivity index (χ3v) is 28.5. The Morgan fingerprint density at radius 1 is 0.167 bits per heavy atom. The van der Waals surface area contributed by atoms with Crippen molar-refractivity contribution in [2.24, 2.45) is 0 Å². The molecule has 0 bridgehead atoms. The van der Waals surface area contributed by atoms with Crippen LogP contribution < -0.4 is 0 Å². The molecule has 12 nitrogen and oxygen atoms in total. The molecule has 0 saturated heterocycles. The van der Waals surface area contributed by atoms with Gasteiger partial charge >= 0.3 is 0 Å². The summed E-state index contributed by atoms with van der Waals surface area (Å²) >= 11 is 0. The molecule has 0 atom stereocenters. The van der Waals surface area contributed by atoms with Gasteiger partial charge in [-0.25, -0.2) is 29.9 Å². The highest BCUT2D eigenvalue weighted by Gasteiger charge is 2.26. The molecule has 0 aliphatic rings. The van der Waals surface area contributed by atoms with Gasteiger partial charge in [0.1, 0.15) is 11.2 Å². The molecule has 0 amide bonds. The van der Waals surface area contributed by atoms with E-state index < -0.39 is 0 Å². The average Bonchev–Trinajstić information content (AvgIpc) is 1.57. The fourth-order valence-corrected chi connectivity index (χ4v) is 21.5. The molecule has 0 unspecified atom stereocenters. The molecule has 0 radical (unpaired) electrons. The molecule has 670 valence electrons. The number of para-hydroxylation sites is 4. The Bertz CT molecular complexity index is 10400. The Labute approximate surface area is 825 Å². The molecule has 9 aromatic heterocycles. The minimum Gasteiger partial charge on any atom is -0.456 e. The summed E-state index contributed by atoms with van der Waals surface area (Å²) in [5, 5.41) is 24.3. The number of rotatable bonds is 11. The van der Waals surface area contributed by atoms with Gasteiger partial charge in [-0.05, 0) is 237 Å². The topological polar surface area (TPSA) is 131 Å². The van der Waals surface area contributed by atoms with Crippen molar-refractivity contribution in [2.75, 3.05) is 0 Å². The van der Waals surface area contributed by atoms with Gasteiger partial charge in [0, 0.05) is 101 Å². The highest BCUT2D eigenvalue weighted by atomic mass is 16.3. The zero-order valence-electron chi connectivity index (χ0n) is 77.6. The largest absolute Gasteiger partial charge is 0.456 e. The van der Waals surface area contributed by atoms with Crippen LogP contribution in [-0.4, -0.2) is 53.6 Å². The second kappa shape index (κ2) is 34.3. The highest BCUT2D eigenvalue weighted by Crippen LogP contribution is 2.46. The SMILES string of the molecule is c1ccc(-c2ccc3c(-c4cccc5oc6ccccc6c45)nc(-n4c5ccccc5c5cc6ccccc6cc54)nc3c2)cc1.c1cncc(-c2ccc(-c3nc(-n4c5ccccc5c5cc6ccccc6cc54)nc4cc(-c5ccc6ccccc6c5)ccc34)cc2)c1.c1cncc(-c2ccc(-c3nc(-n4c5ccccc5c5cc6ccccc6cc54)nc4ccc(-c5ccc6ccccc6c5)cc34)cc2)c1. The minimum atomic E-state index is 0.638. The summed E-state index contributed by atoms with van der Waals surface area (Å²) in [6.45, 7) is 0. The maximum absolute atomic E-state index is 6.31. The molecule has 30 aromatic rings. The third kappa shape index (κ3) is 14.4. The molecule has 30 rings (SSSR count). The van der Waals surface area contributed by atoms with Crippen LogP contribution in [-0.2, 0) is 0 Å². The van der Waals surface area contributed by atoms with Crippen LogP contribution in [0, 0.1) is 0 Å². The Balaban J connectivity index is 0.000000105. The van der Waals surface area contributed by atoms with E-state index in [1.54, 1.807) is 12.4 Å². The van der Waals surface area contributed by atoms with Crippen LogP contribution in [0.1, 0.15) is 0 Å². The van der Waals surface area contributed by atoms with Gasteiger partial charge in [-0.15, -0.1) is 0 Å². The predicted molar refractivity (Wildman–Crippen MR) is 596 cm³/mol. The van der Waals surface area contributed by atoms with Crippen LogP contribution >= 0.6 is 0 Å². The lowest BCUT2D eigenvalue weighted by Crippen LogP contribution is -2.03. The number of aromatic nitrogens is 11. The maximum atomic E-state index is 6.31. The first kappa shape index (κ1) is 82.7. The molecule has 0 spiro atoms. The summed E-state index contributed by atoms with van der Waals surface area (Å²) in [6.07, 6.45) is 7.40. The zero-order valence-corrected chi connectivity index (χ0v) is 77.6. The van der Waals surface area contributed by atoms with E-state index in [0.717, 1.165) is 177 Å². The second-order valence-electron chi connectivity index (χ2n) is 36.9. The monoisotopic (exact) mass is 1840 g/mol. The number of furan rings is 1. The van der Waals surface area contributed by atoms with Crippen LogP contribution in [0.15, 0.2) is 496 Å². The van der Waals surface area contributed by atoms with E-state index in [0.29, 0.717) is 17.8 Å². The van der Waals surface area contributed by atoms with Crippen LogP contribution in [0.5, 0.6) is 0 Å². The predicted octanol–water partition coefficient (Wildman–Crippen LogP) is 34.0. The number of pyridine rings is 2. The van der Waals surface area contributed by atoms with E-state index in [4.69, 9.17) is 34.3 Å². The molecule has 0 fully saturated rings. The van der Waals surface area contributed by atoms with Gasteiger partial charge in [-0.1, -0.05) is 340 Å². The summed E-state index contributed by atoms with van der Waals surface area (Å²) in [5.41, 5.74) is 27.9. The molecule has 12 heteroatoms. The normalized spacial score (nSPS) is 11.8. The molecular formula is C132H81N11O. The van der Waals surface area contributed by atoms with Gasteiger partial charge in [0.25, 0.3) is 0 Å². The first-order valence-corrected chi connectivity index (χ1v) is 48.5. The molecule has 0 N–H and O–H groups in total. The third-order valence-electron chi connectivity index (χ3n) is 28.5. The molecular weight excluding hydrogens is 1760 g/mol. The van der Waals surface area contributed by atoms with E-state index in [2.05, 4.69) is 454 Å². The summed E-state index contributed by atoms with van der Waals surface area (Å²) < 4.78 is 13.0. The lowest BCUT2D eigenvalue weighted by atomic mass is 9.97. The van der Waals surface area contributed by atoms with Crippen molar-refractivity contribution in [3.8, 4) is 107 Å². The van der Waals surface area contributed by atoms with Crippen molar-refractivity contribution in [3.05, 3.63) is 492 Å². The Hall–Kier alpha value is -19.6. The van der Waals surface area contributed by atoms with Crippen LogP contribution in [0.2, 0.25) is 0 Å². The van der Waals surface area contributed by atoms with Crippen molar-refractivity contribution in [3.63, 3.8) is 0 Å². The van der Waals surface area contributed by atoms with Crippen molar-refractivity contribution in [1.82, 2.24) is 53.6 Å². The summed E-state index contributed by atoms with van der Waals surface area (Å²) in [5.74, 6) is 1.94. The van der Waals surface area contributed by atoms with Gasteiger partial charge in [-0.2, -0.15) is 0 Å². The van der Waals surface area contributed by atoms with E-state index in [9.17, 15) is 0 Å². The first-order chi connectivity index (χ1) is 71.3. The maximum Gasteiger partial charge on any atom is 0.235 e. The van der Waals surface area contributed by atoms with Crippen molar-refractivity contribution >= 4 is 174 Å². The molecule has 0 saturated carbocycles. The lowest BCUT2D eigenvalue weighted by Gasteiger charge is -2.14. The van der Waals surface area contributed by atoms with E-state index in [1.165, 1.54) is 86.2 Å². The standard InChI is InChI=1S/2C45H28N4.C42H25N3O/c1-2-9-32-24-35(20-17-29(32)8-1)36-21-22-41-40(26-36)44(31-18-15-30(16-19-31)37-12-7-23-46-28-37)48-45(47-41)49-42-14-6-5-13-38(42)39-25-33-10-3-4-11-34(33)27-43(39)49;1-2-9-32-24-35(20-17-29(32)8-1)36-21-22-39-41(26-36)47-45(48-44(39)31-18-15-30(16-19-31)37-12-7-23-46-28-37)49-42-14-6-5-13-38(42)40-25-33-10-3-4-11-34(33)27-43(40)49;1-2-11-26(12-3-1)29-21-22-31-35(24-29)43-42(44-41(31)33-17-10-20-39-40(33)32-16-7-9-19-38(32)46-39)45-36-18-8-6-15-30(36)34-23-27-13-4-5-14-28(27)25-37(34)45/h2*1-28H;1-25H. The Morgan fingerprint density at radius 3 is 0.972 bits per heavy atom. The molecule has 144 heavy (non-hydrogen) atoms. The van der Waals surface area contributed by atoms with Gasteiger partial charge < -0.3 is 4.42 Å². The Kier molecular flexibility index (Phi) is 19.7. The minimum absolute atomic E-state index is 0.638. The fraction of sp³-hybridized carbons (Fsp3) is 0.